The van der Waals surface area contributed by atoms with Gasteiger partial charge in [0.05, 0.1) is 13.7 Å². The van der Waals surface area contributed by atoms with Crippen LogP contribution in [0, 0.1) is 13.8 Å². The van der Waals surface area contributed by atoms with Gasteiger partial charge in [-0.15, -0.1) is 10.2 Å². The number of carbonyl (C=O) groups excluding carboxylic acids is 1. The number of nitrogens with one attached hydrogen (secondary N) is 1. The molecule has 0 bridgehead atoms. The molecule has 1 aliphatic heterocycles. The van der Waals surface area contributed by atoms with Gasteiger partial charge in [0.1, 0.15) is 10.6 Å². The van der Waals surface area contributed by atoms with Crippen LogP contribution in [0.15, 0.2) is 29.2 Å². The predicted octanol–water partition coefficient (Wildman–Crippen LogP) is 1.36. The molecule has 0 unspecified atom stereocenters. The fraction of sp³-hybridized carbons (Fsp3) is 0.368. The molecule has 1 amide bonds. The standard InChI is InChI=1S/C19H22N6O4S/c1-12-9-13(2)25-17(22-23-19(25)21-12)11-20-30(27,28)16-10-14(6-7-15(16)29-3)24-8-4-5-18(24)26/h6-7,9-10,20H,4-5,8,11H2,1-3H3. The summed E-state index contributed by atoms with van der Waals surface area (Å²) in [5.74, 6) is 0.999. The van der Waals surface area contributed by atoms with Crippen molar-refractivity contribution in [1.82, 2.24) is 24.3 Å². The Kier molecular flexibility index (Phi) is 5.16. The lowest BCUT2D eigenvalue weighted by Gasteiger charge is -2.18. The van der Waals surface area contributed by atoms with Crippen molar-refractivity contribution in [2.45, 2.75) is 38.1 Å². The van der Waals surface area contributed by atoms with Crippen LogP contribution in [-0.2, 0) is 21.4 Å². The molecule has 1 aromatic carbocycles. The van der Waals surface area contributed by atoms with Crippen LogP contribution in [0.1, 0.15) is 30.1 Å². The summed E-state index contributed by atoms with van der Waals surface area (Å²) in [4.78, 5) is 17.9. The highest BCUT2D eigenvalue weighted by Gasteiger charge is 2.26. The molecule has 2 aromatic heterocycles. The Morgan fingerprint density at radius 3 is 2.70 bits per heavy atom. The first-order valence-electron chi connectivity index (χ1n) is 9.46. The molecule has 11 heteroatoms. The van der Waals surface area contributed by atoms with E-state index in [0.29, 0.717) is 30.3 Å². The zero-order chi connectivity index (χ0) is 21.5. The van der Waals surface area contributed by atoms with E-state index in [1.54, 1.807) is 21.4 Å². The van der Waals surface area contributed by atoms with E-state index in [0.717, 1.165) is 17.8 Å². The number of hydrogen-bond acceptors (Lipinski definition) is 7. The first-order valence-corrected chi connectivity index (χ1v) is 10.9. The number of ether oxygens (including phenoxy) is 1. The van der Waals surface area contributed by atoms with Gasteiger partial charge < -0.3 is 9.64 Å². The fourth-order valence-corrected chi connectivity index (χ4v) is 4.78. The van der Waals surface area contributed by atoms with Crippen molar-refractivity contribution >= 4 is 27.4 Å². The maximum absolute atomic E-state index is 13.1. The van der Waals surface area contributed by atoms with E-state index < -0.39 is 10.0 Å². The molecule has 158 valence electrons. The van der Waals surface area contributed by atoms with E-state index in [-0.39, 0.29) is 23.1 Å². The topological polar surface area (TPSA) is 119 Å². The second kappa shape index (κ2) is 7.65. The van der Waals surface area contributed by atoms with Gasteiger partial charge in [0.25, 0.3) is 5.78 Å². The number of carbonyl (C=O) groups is 1. The summed E-state index contributed by atoms with van der Waals surface area (Å²) < 4.78 is 35.6. The van der Waals surface area contributed by atoms with E-state index in [1.165, 1.54) is 13.2 Å². The van der Waals surface area contributed by atoms with E-state index in [1.807, 2.05) is 19.9 Å². The van der Waals surface area contributed by atoms with Gasteiger partial charge in [-0.1, -0.05) is 0 Å². The average Bonchev–Trinajstić information content (AvgIpc) is 3.32. The second-order valence-corrected chi connectivity index (χ2v) is 8.83. The van der Waals surface area contributed by atoms with Crippen LogP contribution in [-0.4, -0.2) is 47.6 Å². The number of hydrogen-bond donors (Lipinski definition) is 1. The number of anilines is 1. The Labute approximate surface area is 173 Å². The number of fused-ring (bicyclic) bond motifs is 1. The molecule has 0 aliphatic carbocycles. The second-order valence-electron chi connectivity index (χ2n) is 7.10. The van der Waals surface area contributed by atoms with Crippen molar-refractivity contribution in [1.29, 1.82) is 0 Å². The van der Waals surface area contributed by atoms with Gasteiger partial charge in [0, 0.05) is 30.0 Å². The van der Waals surface area contributed by atoms with Gasteiger partial charge in [0.2, 0.25) is 15.9 Å². The van der Waals surface area contributed by atoms with Crippen molar-refractivity contribution in [3.05, 3.63) is 41.5 Å². The van der Waals surface area contributed by atoms with Crippen molar-refractivity contribution in [2.24, 2.45) is 0 Å². The maximum Gasteiger partial charge on any atom is 0.255 e. The zero-order valence-corrected chi connectivity index (χ0v) is 17.7. The lowest BCUT2D eigenvalue weighted by Crippen LogP contribution is -2.27. The molecule has 1 fully saturated rings. The highest BCUT2D eigenvalue weighted by atomic mass is 32.2. The Bertz CT molecular complexity index is 1240. The lowest BCUT2D eigenvalue weighted by atomic mass is 10.3. The molecule has 4 rings (SSSR count). The van der Waals surface area contributed by atoms with Gasteiger partial charge in [-0.3, -0.25) is 9.20 Å². The monoisotopic (exact) mass is 430 g/mol. The van der Waals surface area contributed by atoms with Crippen molar-refractivity contribution < 1.29 is 17.9 Å². The molecule has 0 radical (unpaired) electrons. The molecule has 1 saturated heterocycles. The molecule has 3 heterocycles. The highest BCUT2D eigenvalue weighted by molar-refractivity contribution is 7.89. The van der Waals surface area contributed by atoms with Gasteiger partial charge >= 0.3 is 0 Å². The van der Waals surface area contributed by atoms with Crippen LogP contribution in [0.4, 0.5) is 5.69 Å². The summed E-state index contributed by atoms with van der Waals surface area (Å²) in [6.07, 6.45) is 1.21. The Morgan fingerprint density at radius 2 is 2.00 bits per heavy atom. The van der Waals surface area contributed by atoms with E-state index >= 15 is 0 Å². The third-order valence-electron chi connectivity index (χ3n) is 5.00. The Morgan fingerprint density at radius 1 is 1.20 bits per heavy atom. The van der Waals surface area contributed by atoms with E-state index in [4.69, 9.17) is 4.74 Å². The number of nitrogens with zero attached hydrogens (tertiary/aromatic N) is 5. The van der Waals surface area contributed by atoms with Gasteiger partial charge in [-0.25, -0.2) is 18.1 Å². The number of rotatable bonds is 6. The molecule has 3 aromatic rings. The van der Waals surface area contributed by atoms with Crippen LogP contribution >= 0.6 is 0 Å². The average molecular weight is 430 g/mol. The Balaban J connectivity index is 1.64. The highest BCUT2D eigenvalue weighted by Crippen LogP contribution is 2.31. The third kappa shape index (κ3) is 3.61. The first-order chi connectivity index (χ1) is 14.3. The molecular formula is C19H22N6O4S. The normalized spacial score (nSPS) is 14.6. The minimum Gasteiger partial charge on any atom is -0.495 e. The molecule has 10 nitrogen and oxygen atoms in total. The molecule has 0 atom stereocenters. The molecular weight excluding hydrogens is 408 g/mol. The zero-order valence-electron chi connectivity index (χ0n) is 16.9. The summed E-state index contributed by atoms with van der Waals surface area (Å²) in [6, 6.07) is 6.57. The molecule has 1 aliphatic rings. The summed E-state index contributed by atoms with van der Waals surface area (Å²) in [5, 5.41) is 8.09. The number of amides is 1. The van der Waals surface area contributed by atoms with Crippen molar-refractivity contribution in [2.75, 3.05) is 18.6 Å². The quantitative estimate of drug-likeness (QED) is 0.627. The molecule has 0 saturated carbocycles. The SMILES string of the molecule is COc1ccc(N2CCCC2=O)cc1S(=O)(=O)NCc1nnc2nc(C)cc(C)n12. The minimum atomic E-state index is -3.95. The fourth-order valence-electron chi connectivity index (χ4n) is 3.61. The van der Waals surface area contributed by atoms with Crippen LogP contribution in [0.25, 0.3) is 5.78 Å². The predicted molar refractivity (Wildman–Crippen MR) is 109 cm³/mol. The largest absolute Gasteiger partial charge is 0.495 e. The maximum atomic E-state index is 13.1. The van der Waals surface area contributed by atoms with E-state index in [2.05, 4.69) is 19.9 Å². The summed E-state index contributed by atoms with van der Waals surface area (Å²) >= 11 is 0. The minimum absolute atomic E-state index is 0.0235. The molecule has 30 heavy (non-hydrogen) atoms. The van der Waals surface area contributed by atoms with Crippen LogP contribution in [0.5, 0.6) is 5.75 Å². The van der Waals surface area contributed by atoms with Gasteiger partial charge in [-0.05, 0) is 44.5 Å². The van der Waals surface area contributed by atoms with Crippen LogP contribution in [0.3, 0.4) is 0 Å². The van der Waals surface area contributed by atoms with Crippen LogP contribution < -0.4 is 14.4 Å². The lowest BCUT2D eigenvalue weighted by molar-refractivity contribution is -0.117. The third-order valence-corrected chi connectivity index (χ3v) is 6.42. The summed E-state index contributed by atoms with van der Waals surface area (Å²) in [7, 11) is -2.55. The Hall–Kier alpha value is -3.05. The van der Waals surface area contributed by atoms with E-state index in [9.17, 15) is 13.2 Å². The number of aryl methyl sites for hydroxylation is 2. The van der Waals surface area contributed by atoms with Crippen molar-refractivity contribution in [3.63, 3.8) is 0 Å². The summed E-state index contributed by atoms with van der Waals surface area (Å²) in [5.41, 5.74) is 2.18. The first kappa shape index (κ1) is 20.2. The number of aromatic nitrogens is 4. The molecule has 0 spiro atoms. The van der Waals surface area contributed by atoms with Crippen LogP contribution in [0.2, 0.25) is 0 Å². The smallest absolute Gasteiger partial charge is 0.255 e. The number of methoxy groups -OCH3 is 1. The van der Waals surface area contributed by atoms with Gasteiger partial charge in [-0.2, -0.15) is 0 Å². The number of sulfonamides is 1. The molecule has 1 N–H and O–H groups in total. The van der Waals surface area contributed by atoms with Crippen molar-refractivity contribution in [3.8, 4) is 5.75 Å². The summed E-state index contributed by atoms with van der Waals surface area (Å²) in [6.45, 7) is 4.22. The van der Waals surface area contributed by atoms with Gasteiger partial charge in [0.15, 0.2) is 5.82 Å². The number of benzene rings is 1.